The van der Waals surface area contributed by atoms with E-state index in [-0.39, 0.29) is 17.3 Å². The van der Waals surface area contributed by atoms with Crippen LogP contribution in [0.4, 0.5) is 0 Å². The monoisotopic (exact) mass is 890 g/mol. The van der Waals surface area contributed by atoms with E-state index in [0.29, 0.717) is 13.2 Å². The molecule has 1 radical (unpaired) electrons. The molecule has 2 fully saturated rings. The van der Waals surface area contributed by atoms with E-state index in [2.05, 4.69) is 99.3 Å². The number of hydrogen-bond acceptors (Lipinski definition) is 12. The fourth-order valence-corrected chi connectivity index (χ4v) is 9.91. The van der Waals surface area contributed by atoms with Crippen molar-refractivity contribution in [3.8, 4) is 34.5 Å². The topological polar surface area (TPSA) is 108 Å². The second-order valence-electron chi connectivity index (χ2n) is 13.9. The number of benzene rings is 6. The van der Waals surface area contributed by atoms with Gasteiger partial charge in [0.1, 0.15) is 38.6 Å². The fourth-order valence-electron chi connectivity index (χ4n) is 6.54. The molecule has 0 aromatic heterocycles. The number of thioether (sulfide) groups is 2. The van der Waals surface area contributed by atoms with Crippen molar-refractivity contribution < 1.29 is 38.6 Å². The predicted molar refractivity (Wildman–Crippen MR) is 256 cm³/mol. The van der Waals surface area contributed by atoms with Crippen LogP contribution >= 0.6 is 36.3 Å². The number of ether oxygens (including phenoxy) is 6. The Morgan fingerprint density at radius 2 is 0.823 bits per heavy atom. The summed E-state index contributed by atoms with van der Waals surface area (Å²) in [6, 6.07) is 48.8. The van der Waals surface area contributed by atoms with Crippen LogP contribution in [0.25, 0.3) is 0 Å². The normalized spacial score (nSPS) is 14.5. The average Bonchev–Trinajstić information content (AvgIpc) is 3.83. The van der Waals surface area contributed by atoms with Crippen LogP contribution in [0.15, 0.2) is 150 Å². The second-order valence-corrected chi connectivity index (χ2v) is 17.0. The molecule has 2 heterocycles. The van der Waals surface area contributed by atoms with E-state index < -0.39 is 5.79 Å². The summed E-state index contributed by atoms with van der Waals surface area (Å²) in [7, 11) is 7.70. The summed E-state index contributed by atoms with van der Waals surface area (Å²) in [5.74, 6) is 6.45. The number of nitrogens with zero attached hydrogens (tertiary/aromatic N) is 1. The van der Waals surface area contributed by atoms with Crippen molar-refractivity contribution >= 4 is 44.0 Å². The van der Waals surface area contributed by atoms with E-state index in [1.54, 1.807) is 14.2 Å². The number of aliphatic hydroxyl groups excluding tert-OH is 2. The first kappa shape index (κ1) is 48.3. The van der Waals surface area contributed by atoms with Crippen molar-refractivity contribution in [2.24, 2.45) is 4.30 Å². The Hall–Kier alpha value is -4.73. The zero-order valence-corrected chi connectivity index (χ0v) is 38.0. The summed E-state index contributed by atoms with van der Waals surface area (Å²) in [6.45, 7) is 4.98. The Morgan fingerprint density at radius 1 is 0.532 bits per heavy atom. The molecule has 13 heteroatoms. The van der Waals surface area contributed by atoms with Gasteiger partial charge < -0.3 is 38.6 Å². The molecule has 0 spiro atoms. The molecule has 2 N–H and O–H groups in total. The Kier molecular flexibility index (Phi) is 19.3. The molecule has 0 bridgehead atoms. The van der Waals surface area contributed by atoms with Crippen LogP contribution in [0, 0.1) is 13.8 Å². The van der Waals surface area contributed by atoms with Crippen LogP contribution in [0.2, 0.25) is 0 Å². The van der Waals surface area contributed by atoms with Gasteiger partial charge in [0.2, 0.25) is 5.79 Å². The van der Waals surface area contributed by atoms with E-state index in [9.17, 15) is 0 Å². The molecular formula is C49H53BNO8S3. The summed E-state index contributed by atoms with van der Waals surface area (Å²) >= 11 is 7.24. The number of thiol groups is 1. The average molecular weight is 891 g/mol. The van der Waals surface area contributed by atoms with Crippen molar-refractivity contribution in [3.63, 3.8) is 0 Å². The van der Waals surface area contributed by atoms with Gasteiger partial charge in [-0.05, 0) is 140 Å². The van der Waals surface area contributed by atoms with Crippen molar-refractivity contribution in [1.82, 2.24) is 0 Å². The predicted octanol–water partition coefficient (Wildman–Crippen LogP) is 11.1. The summed E-state index contributed by atoms with van der Waals surface area (Å²) < 4.78 is 37.3. The van der Waals surface area contributed by atoms with E-state index in [1.165, 1.54) is 40.2 Å². The maximum atomic E-state index is 7.62. The molecular weight excluding hydrogens is 838 g/mol. The number of aliphatic hydroxyl groups is 2. The number of aryl methyl sites for hydroxylation is 2. The molecule has 2 aliphatic rings. The third-order valence-corrected chi connectivity index (χ3v) is 13.1. The fraction of sp³-hybridized carbons (Fsp3) is 0.265. The van der Waals surface area contributed by atoms with Gasteiger partial charge in [-0.25, -0.2) is 0 Å². The van der Waals surface area contributed by atoms with Gasteiger partial charge in [-0.1, -0.05) is 59.7 Å². The summed E-state index contributed by atoms with van der Waals surface area (Å²) in [5, 5.41) is 15.2. The molecule has 0 saturated carbocycles. The van der Waals surface area contributed by atoms with Crippen molar-refractivity contribution in [1.29, 1.82) is 0 Å². The Morgan fingerprint density at radius 3 is 1.13 bits per heavy atom. The van der Waals surface area contributed by atoms with E-state index in [0.717, 1.165) is 45.6 Å². The minimum atomic E-state index is -0.894. The van der Waals surface area contributed by atoms with Crippen LogP contribution in [0.3, 0.4) is 0 Å². The van der Waals surface area contributed by atoms with Gasteiger partial charge in [-0.3, -0.25) is 0 Å². The molecule has 6 aromatic rings. The van der Waals surface area contributed by atoms with Crippen LogP contribution in [0.5, 0.6) is 34.5 Å². The van der Waals surface area contributed by atoms with E-state index in [1.807, 2.05) is 108 Å². The zero-order valence-electron chi connectivity index (χ0n) is 35.4. The van der Waals surface area contributed by atoms with Gasteiger partial charge in [0.15, 0.2) is 0 Å². The van der Waals surface area contributed by atoms with Gasteiger partial charge in [0, 0.05) is 11.1 Å². The van der Waals surface area contributed by atoms with Crippen LogP contribution in [-0.2, 0) is 19.3 Å². The van der Waals surface area contributed by atoms with Crippen molar-refractivity contribution in [2.75, 3.05) is 52.2 Å². The van der Waals surface area contributed by atoms with Gasteiger partial charge in [-0.2, -0.15) is 0 Å². The first-order valence-corrected chi connectivity index (χ1v) is 22.4. The Labute approximate surface area is 380 Å². The quantitative estimate of drug-likeness (QED) is 0.0860. The molecule has 62 heavy (non-hydrogen) atoms. The Balaban J connectivity index is 0.000000204. The molecule has 2 aliphatic heterocycles. The number of hydrogen-bond donors (Lipinski definition) is 3. The molecule has 323 valence electrons. The van der Waals surface area contributed by atoms with Crippen molar-refractivity contribution in [3.05, 3.63) is 179 Å². The molecule has 9 nitrogen and oxygen atoms in total. The maximum absolute atomic E-state index is 7.62. The van der Waals surface area contributed by atoms with Crippen molar-refractivity contribution in [2.45, 2.75) is 30.1 Å². The first-order valence-electron chi connectivity index (χ1n) is 20.0. The van der Waals surface area contributed by atoms with Gasteiger partial charge >= 0.3 is 24.8 Å². The van der Waals surface area contributed by atoms with Crippen LogP contribution < -0.4 is 18.9 Å². The third kappa shape index (κ3) is 13.2. The first-order chi connectivity index (χ1) is 30.2. The Bertz CT molecular complexity index is 2200. The van der Waals surface area contributed by atoms with Gasteiger partial charge in [0.05, 0.1) is 40.6 Å². The van der Waals surface area contributed by atoms with E-state index in [4.69, 9.17) is 38.6 Å². The molecule has 0 aliphatic carbocycles. The molecule has 2 saturated heterocycles. The van der Waals surface area contributed by atoms with Crippen LogP contribution in [0.1, 0.15) is 39.8 Å². The minimum absolute atomic E-state index is 0.0765. The molecule has 6 aromatic carbocycles. The summed E-state index contributed by atoms with van der Waals surface area (Å²) in [6.07, 6.45) is 1.25. The molecule has 0 amide bonds. The summed E-state index contributed by atoms with van der Waals surface area (Å²) in [5.41, 5.74) is 6.93. The van der Waals surface area contributed by atoms with Crippen LogP contribution in [-0.4, -0.2) is 70.0 Å². The number of methoxy groups -OCH3 is 2. The standard InChI is InChI=1S/C24H24O2S2.C23H22O4.C2H6O2.BHNS/c1-18-4-10-22(11-5-18)26-23-14-8-20(9-15-23)24(27-16-3-17-28-24)19-6-12-21(25-2)13-7-19;1-17-3-9-21(10-4-17)27-22-13-7-19(8-14-22)23(25-15-16-26-23)18-5-11-20(24-2)12-6-18;3-1-2-4;1-2-3/h4-15H,3,16-17H2,1-2H3;3-14H,15-16H2,1-2H3;3-4H,1-2H2;3H. The van der Waals surface area contributed by atoms with E-state index >= 15 is 0 Å². The zero-order chi connectivity index (χ0) is 44.2. The molecule has 0 atom stereocenters. The SMILES string of the molecule is COc1ccc(C2(c3ccc(Oc4ccc(C)cc4)cc3)OCCO2)cc1.COc1ccc(C2(c3ccc(Oc4ccc(C)cc4)cc3)SCCCS2)cc1.OCCO.[B]=NS. The second kappa shape index (κ2) is 24.8. The van der Waals surface area contributed by atoms with Gasteiger partial charge in [0.25, 0.3) is 0 Å². The molecule has 8 rings (SSSR count). The third-order valence-electron chi connectivity index (χ3n) is 9.62. The van der Waals surface area contributed by atoms with Gasteiger partial charge in [-0.15, -0.1) is 23.5 Å². The number of rotatable bonds is 11. The molecule has 0 unspecified atom stereocenters. The summed E-state index contributed by atoms with van der Waals surface area (Å²) in [4.78, 5) is 0.